The van der Waals surface area contributed by atoms with E-state index in [1.165, 1.54) is 11.1 Å². The fraction of sp³-hybridized carbons (Fsp3) is 0.538. The Labute approximate surface area is 111 Å². The summed E-state index contributed by atoms with van der Waals surface area (Å²) in [6.07, 6.45) is 0.959. The molecule has 2 nitrogen and oxygen atoms in total. The number of alkyl halides is 1. The second kappa shape index (κ2) is 8.03. The first-order chi connectivity index (χ1) is 7.74. The van der Waals surface area contributed by atoms with Crippen molar-refractivity contribution in [3.8, 4) is 0 Å². The van der Waals surface area contributed by atoms with Crippen LogP contribution in [0.4, 0.5) is 0 Å². The van der Waals surface area contributed by atoms with Crippen LogP contribution in [0.15, 0.2) is 24.3 Å². The molecule has 0 N–H and O–H groups in total. The highest BCUT2D eigenvalue weighted by Crippen LogP contribution is 2.10. The van der Waals surface area contributed by atoms with E-state index in [1.807, 2.05) is 19.1 Å². The molecule has 0 aromatic heterocycles. The fourth-order valence-electron chi connectivity index (χ4n) is 1.33. The highest BCUT2D eigenvalue weighted by Gasteiger charge is 2.03. The van der Waals surface area contributed by atoms with Gasteiger partial charge in [-0.2, -0.15) is 0 Å². The van der Waals surface area contributed by atoms with Crippen molar-refractivity contribution in [2.45, 2.75) is 33.2 Å². The van der Waals surface area contributed by atoms with Gasteiger partial charge in [-0.3, -0.25) is 0 Å². The summed E-state index contributed by atoms with van der Waals surface area (Å²) in [4.78, 5) is 0. The Balaban J connectivity index is 2.26. The average molecular weight is 334 g/mol. The third-order valence-electron chi connectivity index (χ3n) is 2.37. The highest BCUT2D eigenvalue weighted by atomic mass is 127. The Hall–Kier alpha value is -0.130. The zero-order chi connectivity index (χ0) is 11.8. The SMILES string of the molecule is Cc1ccccc1COC(C)OCCCI. The van der Waals surface area contributed by atoms with Crippen LogP contribution in [0.5, 0.6) is 0 Å². The Bertz CT molecular complexity index is 302. The molecule has 1 unspecified atom stereocenters. The number of hydrogen-bond donors (Lipinski definition) is 0. The summed E-state index contributed by atoms with van der Waals surface area (Å²) < 4.78 is 12.3. The fourth-order valence-corrected chi connectivity index (χ4v) is 1.64. The summed E-state index contributed by atoms with van der Waals surface area (Å²) in [6.45, 7) is 5.45. The van der Waals surface area contributed by atoms with Gasteiger partial charge in [0.05, 0.1) is 13.2 Å². The maximum absolute atomic E-state index is 5.63. The molecule has 0 aliphatic rings. The lowest BCUT2D eigenvalue weighted by atomic mass is 10.1. The molecule has 0 saturated carbocycles. The third kappa shape index (κ3) is 5.27. The summed E-state index contributed by atoms with van der Waals surface area (Å²) in [7, 11) is 0. The molecule has 0 aliphatic heterocycles. The predicted octanol–water partition coefficient (Wildman–Crippen LogP) is 3.70. The summed E-state index contributed by atoms with van der Waals surface area (Å²) in [5.41, 5.74) is 2.49. The molecule has 0 heterocycles. The second-order valence-corrected chi connectivity index (χ2v) is 4.80. The molecule has 0 aliphatic carbocycles. The topological polar surface area (TPSA) is 18.5 Å². The average Bonchev–Trinajstić information content (AvgIpc) is 2.28. The van der Waals surface area contributed by atoms with Crippen LogP contribution in [0.3, 0.4) is 0 Å². The minimum absolute atomic E-state index is 0.123. The van der Waals surface area contributed by atoms with E-state index in [9.17, 15) is 0 Å². The molecule has 0 amide bonds. The number of hydrogen-bond acceptors (Lipinski definition) is 2. The number of halogens is 1. The predicted molar refractivity (Wildman–Crippen MR) is 74.9 cm³/mol. The highest BCUT2D eigenvalue weighted by molar-refractivity contribution is 14.1. The van der Waals surface area contributed by atoms with E-state index in [0.717, 1.165) is 17.5 Å². The third-order valence-corrected chi connectivity index (χ3v) is 3.13. The molecule has 0 radical (unpaired) electrons. The van der Waals surface area contributed by atoms with Gasteiger partial charge in [0.15, 0.2) is 6.29 Å². The van der Waals surface area contributed by atoms with Crippen molar-refractivity contribution in [3.63, 3.8) is 0 Å². The molecule has 1 rings (SSSR count). The maximum atomic E-state index is 5.63. The normalized spacial score (nSPS) is 12.7. The molecule has 1 aromatic rings. The van der Waals surface area contributed by atoms with Crippen LogP contribution in [0.1, 0.15) is 24.5 Å². The van der Waals surface area contributed by atoms with Gasteiger partial charge < -0.3 is 9.47 Å². The van der Waals surface area contributed by atoms with Gasteiger partial charge in [-0.05, 0) is 31.4 Å². The number of benzene rings is 1. The summed E-state index contributed by atoms with van der Waals surface area (Å²) in [5.74, 6) is 0. The van der Waals surface area contributed by atoms with Crippen molar-refractivity contribution in [2.24, 2.45) is 0 Å². The van der Waals surface area contributed by atoms with Gasteiger partial charge in [0.2, 0.25) is 0 Å². The first-order valence-corrected chi connectivity index (χ1v) is 7.10. The minimum Gasteiger partial charge on any atom is -0.353 e. The largest absolute Gasteiger partial charge is 0.353 e. The van der Waals surface area contributed by atoms with Crippen molar-refractivity contribution in [1.82, 2.24) is 0 Å². The Morgan fingerprint density at radius 2 is 2.00 bits per heavy atom. The lowest BCUT2D eigenvalue weighted by molar-refractivity contribution is -0.137. The van der Waals surface area contributed by atoms with Crippen LogP contribution in [-0.2, 0) is 16.1 Å². The van der Waals surface area contributed by atoms with E-state index < -0.39 is 0 Å². The van der Waals surface area contributed by atoms with Crippen molar-refractivity contribution < 1.29 is 9.47 Å². The van der Waals surface area contributed by atoms with E-state index in [1.54, 1.807) is 0 Å². The molecule has 0 saturated heterocycles. The lowest BCUT2D eigenvalue weighted by Gasteiger charge is -2.14. The Morgan fingerprint density at radius 1 is 1.25 bits per heavy atom. The molecular formula is C13H19IO2. The van der Waals surface area contributed by atoms with Gasteiger partial charge >= 0.3 is 0 Å². The van der Waals surface area contributed by atoms with Crippen LogP contribution in [0.25, 0.3) is 0 Å². The van der Waals surface area contributed by atoms with Gasteiger partial charge in [-0.1, -0.05) is 46.9 Å². The first-order valence-electron chi connectivity index (χ1n) is 5.57. The van der Waals surface area contributed by atoms with Crippen molar-refractivity contribution in [3.05, 3.63) is 35.4 Å². The molecule has 0 bridgehead atoms. The molecule has 3 heteroatoms. The standard InChI is InChI=1S/C13H19IO2/c1-11-6-3-4-7-13(11)10-16-12(2)15-9-5-8-14/h3-4,6-7,12H,5,8-10H2,1-2H3. The van der Waals surface area contributed by atoms with Crippen molar-refractivity contribution >= 4 is 22.6 Å². The quantitative estimate of drug-likeness (QED) is 0.328. The number of rotatable bonds is 7. The van der Waals surface area contributed by atoms with Crippen molar-refractivity contribution in [1.29, 1.82) is 0 Å². The Morgan fingerprint density at radius 3 is 2.69 bits per heavy atom. The molecule has 1 atom stereocenters. The van der Waals surface area contributed by atoms with Crippen LogP contribution in [0.2, 0.25) is 0 Å². The molecule has 1 aromatic carbocycles. The van der Waals surface area contributed by atoms with Gasteiger partial charge in [0.25, 0.3) is 0 Å². The number of aryl methyl sites for hydroxylation is 1. The van der Waals surface area contributed by atoms with E-state index in [-0.39, 0.29) is 6.29 Å². The van der Waals surface area contributed by atoms with E-state index in [2.05, 4.69) is 41.6 Å². The first kappa shape index (κ1) is 13.9. The van der Waals surface area contributed by atoms with Gasteiger partial charge in [0.1, 0.15) is 0 Å². The van der Waals surface area contributed by atoms with Crippen LogP contribution >= 0.6 is 22.6 Å². The molecular weight excluding hydrogens is 315 g/mol. The van der Waals surface area contributed by atoms with Crippen molar-refractivity contribution in [2.75, 3.05) is 11.0 Å². The minimum atomic E-state index is -0.123. The summed E-state index contributed by atoms with van der Waals surface area (Å²) >= 11 is 2.35. The van der Waals surface area contributed by atoms with Crippen LogP contribution in [-0.4, -0.2) is 17.3 Å². The van der Waals surface area contributed by atoms with Gasteiger partial charge in [0, 0.05) is 4.43 Å². The monoisotopic (exact) mass is 334 g/mol. The molecule has 16 heavy (non-hydrogen) atoms. The van der Waals surface area contributed by atoms with E-state index >= 15 is 0 Å². The van der Waals surface area contributed by atoms with Gasteiger partial charge in [-0.25, -0.2) is 0 Å². The maximum Gasteiger partial charge on any atom is 0.155 e. The zero-order valence-electron chi connectivity index (χ0n) is 9.91. The smallest absolute Gasteiger partial charge is 0.155 e. The van der Waals surface area contributed by atoms with E-state index in [0.29, 0.717) is 6.61 Å². The summed E-state index contributed by atoms with van der Waals surface area (Å²) in [5, 5.41) is 0. The lowest BCUT2D eigenvalue weighted by Crippen LogP contribution is -2.14. The second-order valence-electron chi connectivity index (χ2n) is 3.72. The summed E-state index contributed by atoms with van der Waals surface area (Å²) in [6, 6.07) is 8.26. The molecule has 90 valence electrons. The zero-order valence-corrected chi connectivity index (χ0v) is 12.1. The Kier molecular flexibility index (Phi) is 7.00. The molecule has 0 fully saturated rings. The molecule has 0 spiro atoms. The van der Waals surface area contributed by atoms with E-state index in [4.69, 9.17) is 9.47 Å². The van der Waals surface area contributed by atoms with Crippen LogP contribution < -0.4 is 0 Å². The number of ether oxygens (including phenoxy) is 2. The van der Waals surface area contributed by atoms with Crippen LogP contribution in [0, 0.1) is 6.92 Å². The van der Waals surface area contributed by atoms with Gasteiger partial charge in [-0.15, -0.1) is 0 Å².